The summed E-state index contributed by atoms with van der Waals surface area (Å²) in [6.07, 6.45) is 0.242. The predicted octanol–water partition coefficient (Wildman–Crippen LogP) is 0.637. The summed E-state index contributed by atoms with van der Waals surface area (Å²) < 4.78 is 0. The van der Waals surface area contributed by atoms with Crippen molar-refractivity contribution in [2.24, 2.45) is 5.92 Å². The molecule has 1 atom stereocenters. The minimum absolute atomic E-state index is 0.0836. The number of aromatic nitrogens is 2. The Kier molecular flexibility index (Phi) is 2.47. The molecule has 1 aromatic heterocycles. The van der Waals surface area contributed by atoms with Crippen LogP contribution in [0.2, 0.25) is 0 Å². The lowest BCUT2D eigenvalue weighted by Crippen LogP contribution is -2.25. The molecule has 1 unspecified atom stereocenters. The normalized spacial score (nSPS) is 18.9. The Balaban J connectivity index is 1.75. The van der Waals surface area contributed by atoms with E-state index in [1.165, 1.54) is 0 Å². The minimum atomic E-state index is -0.314. The molecule has 0 spiro atoms. The van der Waals surface area contributed by atoms with E-state index >= 15 is 0 Å². The van der Waals surface area contributed by atoms with E-state index in [-0.39, 0.29) is 24.2 Å². The molecule has 1 saturated heterocycles. The molecule has 2 amide bonds. The van der Waals surface area contributed by atoms with Crippen LogP contribution in [0.1, 0.15) is 6.42 Å². The Hall–Kier alpha value is -2.37. The van der Waals surface area contributed by atoms with Crippen molar-refractivity contribution in [2.75, 3.05) is 11.9 Å². The van der Waals surface area contributed by atoms with Crippen LogP contribution in [-0.4, -0.2) is 28.3 Å². The molecule has 1 fully saturated rings. The van der Waals surface area contributed by atoms with E-state index in [1.807, 2.05) is 24.3 Å². The zero-order chi connectivity index (χ0) is 12.5. The Morgan fingerprint density at radius 2 is 2.22 bits per heavy atom. The van der Waals surface area contributed by atoms with Gasteiger partial charge in [0.05, 0.1) is 17.0 Å². The molecule has 0 radical (unpaired) electrons. The average molecular weight is 244 g/mol. The zero-order valence-corrected chi connectivity index (χ0v) is 9.56. The number of carbonyl (C=O) groups is 2. The molecule has 0 bridgehead atoms. The van der Waals surface area contributed by atoms with Gasteiger partial charge in [0, 0.05) is 13.0 Å². The summed E-state index contributed by atoms with van der Waals surface area (Å²) in [7, 11) is 0. The Morgan fingerprint density at radius 1 is 1.39 bits per heavy atom. The van der Waals surface area contributed by atoms with Crippen LogP contribution in [0.5, 0.6) is 0 Å². The molecular weight excluding hydrogens is 232 g/mol. The number of hydrogen-bond donors (Lipinski definition) is 3. The van der Waals surface area contributed by atoms with Crippen molar-refractivity contribution in [1.82, 2.24) is 15.3 Å². The van der Waals surface area contributed by atoms with Gasteiger partial charge in [-0.3, -0.25) is 14.9 Å². The number of aromatic amines is 1. The minimum Gasteiger partial charge on any atom is -0.355 e. The quantitative estimate of drug-likeness (QED) is 0.724. The fourth-order valence-corrected chi connectivity index (χ4v) is 2.02. The molecule has 92 valence electrons. The zero-order valence-electron chi connectivity index (χ0n) is 9.56. The van der Waals surface area contributed by atoms with Crippen molar-refractivity contribution in [3.8, 4) is 0 Å². The molecule has 1 aliphatic heterocycles. The van der Waals surface area contributed by atoms with Crippen LogP contribution >= 0.6 is 0 Å². The van der Waals surface area contributed by atoms with Crippen LogP contribution in [0.3, 0.4) is 0 Å². The molecule has 6 heteroatoms. The second-order valence-corrected chi connectivity index (χ2v) is 4.30. The Labute approximate surface area is 103 Å². The summed E-state index contributed by atoms with van der Waals surface area (Å²) in [5, 5.41) is 5.33. The number of anilines is 1. The van der Waals surface area contributed by atoms with Crippen LogP contribution in [0.15, 0.2) is 24.3 Å². The maximum Gasteiger partial charge on any atom is 0.232 e. The lowest BCUT2D eigenvalue weighted by Gasteiger charge is -2.05. The number of nitrogens with zero attached hydrogens (tertiary/aromatic N) is 1. The van der Waals surface area contributed by atoms with Crippen molar-refractivity contribution in [3.63, 3.8) is 0 Å². The first-order chi connectivity index (χ1) is 8.72. The number of rotatable bonds is 2. The van der Waals surface area contributed by atoms with Crippen molar-refractivity contribution < 1.29 is 9.59 Å². The molecule has 1 aliphatic rings. The highest BCUT2D eigenvalue weighted by Crippen LogP contribution is 2.15. The number of H-pyrrole nitrogens is 1. The SMILES string of the molecule is O=C1CC(C(=O)Nc2nc3ccccc3[nH]2)CN1. The van der Waals surface area contributed by atoms with Gasteiger partial charge >= 0.3 is 0 Å². The predicted molar refractivity (Wildman–Crippen MR) is 65.8 cm³/mol. The number of amides is 2. The molecule has 18 heavy (non-hydrogen) atoms. The summed E-state index contributed by atoms with van der Waals surface area (Å²) in [6.45, 7) is 0.394. The largest absolute Gasteiger partial charge is 0.355 e. The van der Waals surface area contributed by atoms with Crippen molar-refractivity contribution in [3.05, 3.63) is 24.3 Å². The molecular formula is C12H12N4O2. The number of hydrogen-bond acceptors (Lipinski definition) is 3. The van der Waals surface area contributed by atoms with Gasteiger partial charge in [-0.05, 0) is 12.1 Å². The molecule has 6 nitrogen and oxygen atoms in total. The van der Waals surface area contributed by atoms with Gasteiger partial charge in [-0.15, -0.1) is 0 Å². The molecule has 0 saturated carbocycles. The number of nitrogens with one attached hydrogen (secondary N) is 3. The monoisotopic (exact) mass is 244 g/mol. The molecule has 1 aromatic carbocycles. The Bertz CT molecular complexity index is 586. The summed E-state index contributed by atoms with van der Waals surface area (Å²) >= 11 is 0. The first-order valence-electron chi connectivity index (χ1n) is 5.75. The van der Waals surface area contributed by atoms with Crippen LogP contribution in [0.25, 0.3) is 11.0 Å². The van der Waals surface area contributed by atoms with E-state index in [0.29, 0.717) is 12.5 Å². The summed E-state index contributed by atoms with van der Waals surface area (Å²) in [6, 6.07) is 7.53. The Morgan fingerprint density at radius 3 is 2.94 bits per heavy atom. The van der Waals surface area contributed by atoms with Gasteiger partial charge in [0.25, 0.3) is 0 Å². The van der Waals surface area contributed by atoms with Gasteiger partial charge in [-0.25, -0.2) is 4.98 Å². The third-order valence-electron chi connectivity index (χ3n) is 2.98. The van der Waals surface area contributed by atoms with Crippen LogP contribution in [0, 0.1) is 5.92 Å². The fourth-order valence-electron chi connectivity index (χ4n) is 2.02. The van der Waals surface area contributed by atoms with Crippen LogP contribution in [0.4, 0.5) is 5.95 Å². The van der Waals surface area contributed by atoms with E-state index < -0.39 is 0 Å². The van der Waals surface area contributed by atoms with Crippen molar-refractivity contribution >= 4 is 28.8 Å². The van der Waals surface area contributed by atoms with E-state index in [1.54, 1.807) is 0 Å². The van der Waals surface area contributed by atoms with Gasteiger partial charge in [0.15, 0.2) is 0 Å². The van der Waals surface area contributed by atoms with Crippen LogP contribution < -0.4 is 10.6 Å². The smallest absolute Gasteiger partial charge is 0.232 e. The van der Waals surface area contributed by atoms with Gasteiger partial charge in [-0.1, -0.05) is 12.1 Å². The second-order valence-electron chi connectivity index (χ2n) is 4.30. The number of benzene rings is 1. The maximum absolute atomic E-state index is 11.9. The first-order valence-corrected chi connectivity index (χ1v) is 5.75. The lowest BCUT2D eigenvalue weighted by molar-refractivity contribution is -0.123. The highest BCUT2D eigenvalue weighted by Gasteiger charge is 2.28. The summed E-state index contributed by atoms with van der Waals surface area (Å²) in [5.41, 5.74) is 1.67. The average Bonchev–Trinajstić information content (AvgIpc) is 2.94. The van der Waals surface area contributed by atoms with Gasteiger partial charge in [0.2, 0.25) is 17.8 Å². The van der Waals surface area contributed by atoms with Gasteiger partial charge < -0.3 is 10.3 Å². The molecule has 3 rings (SSSR count). The third kappa shape index (κ3) is 1.92. The third-order valence-corrected chi connectivity index (χ3v) is 2.98. The second kappa shape index (κ2) is 4.14. The van der Waals surface area contributed by atoms with E-state index in [0.717, 1.165) is 11.0 Å². The van der Waals surface area contributed by atoms with Crippen molar-refractivity contribution in [2.45, 2.75) is 6.42 Å². The highest BCUT2D eigenvalue weighted by molar-refractivity contribution is 5.97. The van der Waals surface area contributed by atoms with Crippen LogP contribution in [-0.2, 0) is 9.59 Å². The number of carbonyl (C=O) groups excluding carboxylic acids is 2. The molecule has 0 aliphatic carbocycles. The van der Waals surface area contributed by atoms with E-state index in [4.69, 9.17) is 0 Å². The molecule has 2 aromatic rings. The van der Waals surface area contributed by atoms with Gasteiger partial charge in [0.1, 0.15) is 0 Å². The first kappa shape index (κ1) is 10.8. The summed E-state index contributed by atoms with van der Waals surface area (Å²) in [4.78, 5) is 30.2. The summed E-state index contributed by atoms with van der Waals surface area (Å²) in [5.74, 6) is -0.168. The fraction of sp³-hybridized carbons (Fsp3) is 0.250. The van der Waals surface area contributed by atoms with Crippen molar-refractivity contribution in [1.29, 1.82) is 0 Å². The standard InChI is InChI=1S/C12H12N4O2/c17-10-5-7(6-13-10)11(18)16-12-14-8-3-1-2-4-9(8)15-12/h1-4,7H,5-6H2,(H,13,17)(H2,14,15,16,18). The number of para-hydroxylation sites is 2. The molecule has 2 heterocycles. The highest BCUT2D eigenvalue weighted by atomic mass is 16.2. The van der Waals surface area contributed by atoms with E-state index in [2.05, 4.69) is 20.6 Å². The maximum atomic E-state index is 11.9. The van der Waals surface area contributed by atoms with Gasteiger partial charge in [-0.2, -0.15) is 0 Å². The molecule has 3 N–H and O–H groups in total. The van der Waals surface area contributed by atoms with E-state index in [9.17, 15) is 9.59 Å². The number of imidazole rings is 1. The lowest BCUT2D eigenvalue weighted by atomic mass is 10.1. The topological polar surface area (TPSA) is 86.9 Å². The number of fused-ring (bicyclic) bond motifs is 1.